The summed E-state index contributed by atoms with van der Waals surface area (Å²) in [6.07, 6.45) is 9.45. The van der Waals surface area contributed by atoms with Gasteiger partial charge in [-0.15, -0.1) is 5.10 Å². The lowest BCUT2D eigenvalue weighted by Gasteiger charge is -2.33. The van der Waals surface area contributed by atoms with Crippen LogP contribution in [0.1, 0.15) is 85.3 Å². The molecule has 38 heavy (non-hydrogen) atoms. The highest BCUT2D eigenvalue weighted by Gasteiger charge is 2.35. The van der Waals surface area contributed by atoms with Gasteiger partial charge in [0.1, 0.15) is 11.8 Å². The average Bonchev–Trinajstić information content (AvgIpc) is 3.69. The van der Waals surface area contributed by atoms with Gasteiger partial charge in [-0.25, -0.2) is 4.68 Å². The molecule has 9 heteroatoms. The Morgan fingerprint density at radius 3 is 2.76 bits per heavy atom. The molecule has 200 valence electrons. The van der Waals surface area contributed by atoms with Crippen molar-refractivity contribution in [3.8, 4) is 0 Å². The van der Waals surface area contributed by atoms with Crippen molar-refractivity contribution in [3.05, 3.63) is 75.2 Å². The zero-order valence-electron chi connectivity index (χ0n) is 22.2. The molecule has 1 aliphatic carbocycles. The van der Waals surface area contributed by atoms with E-state index in [2.05, 4.69) is 44.5 Å². The quantitative estimate of drug-likeness (QED) is 0.352. The number of H-pyrrole nitrogens is 1. The summed E-state index contributed by atoms with van der Waals surface area (Å²) in [6.45, 7) is 6.04. The molecule has 1 saturated carbocycles. The zero-order chi connectivity index (χ0) is 26.1. The van der Waals surface area contributed by atoms with E-state index in [0.717, 1.165) is 72.9 Å². The van der Waals surface area contributed by atoms with E-state index in [1.165, 1.54) is 6.42 Å². The third-order valence-corrected chi connectivity index (χ3v) is 8.07. The van der Waals surface area contributed by atoms with E-state index in [4.69, 9.17) is 9.15 Å². The average molecular weight is 517 g/mol. The molecule has 9 nitrogen and oxygen atoms in total. The van der Waals surface area contributed by atoms with E-state index in [1.807, 2.05) is 29.8 Å². The summed E-state index contributed by atoms with van der Waals surface area (Å²) in [5, 5.41) is 14.2. The topological polar surface area (TPSA) is 102 Å². The van der Waals surface area contributed by atoms with Gasteiger partial charge in [0.15, 0.2) is 5.82 Å². The maximum Gasteiger partial charge on any atom is 0.253 e. The van der Waals surface area contributed by atoms with E-state index in [0.29, 0.717) is 24.5 Å². The van der Waals surface area contributed by atoms with Gasteiger partial charge in [-0.3, -0.25) is 9.69 Å². The number of aryl methyl sites for hydroxylation is 2. The minimum Gasteiger partial charge on any atom is -0.468 e. The van der Waals surface area contributed by atoms with Crippen LogP contribution in [-0.4, -0.2) is 49.3 Å². The van der Waals surface area contributed by atoms with Gasteiger partial charge in [0.2, 0.25) is 0 Å². The van der Waals surface area contributed by atoms with Crippen LogP contribution >= 0.6 is 0 Å². The third-order valence-electron chi connectivity index (χ3n) is 8.07. The Morgan fingerprint density at radius 2 is 2.00 bits per heavy atom. The van der Waals surface area contributed by atoms with Gasteiger partial charge in [-0.05, 0) is 85.2 Å². The number of tetrazole rings is 1. The number of aromatic nitrogens is 5. The van der Waals surface area contributed by atoms with Gasteiger partial charge in [-0.1, -0.05) is 30.9 Å². The van der Waals surface area contributed by atoms with Crippen molar-refractivity contribution < 1.29 is 9.15 Å². The first-order chi connectivity index (χ1) is 18.6. The lowest BCUT2D eigenvalue weighted by Crippen LogP contribution is -2.39. The predicted molar refractivity (Wildman–Crippen MR) is 144 cm³/mol. The Balaban J connectivity index is 1.51. The fraction of sp³-hybridized carbons (Fsp3) is 0.517. The van der Waals surface area contributed by atoms with E-state index >= 15 is 0 Å². The maximum absolute atomic E-state index is 13.8. The molecule has 0 bridgehead atoms. The molecule has 4 heterocycles. The van der Waals surface area contributed by atoms with E-state index in [1.54, 1.807) is 6.26 Å². The van der Waals surface area contributed by atoms with Crippen molar-refractivity contribution in [3.63, 3.8) is 0 Å². The van der Waals surface area contributed by atoms with Gasteiger partial charge in [0, 0.05) is 18.7 Å². The number of benzene rings is 1. The number of hydrogen-bond acceptors (Lipinski definition) is 7. The summed E-state index contributed by atoms with van der Waals surface area (Å²) < 4.78 is 13.8. The van der Waals surface area contributed by atoms with Crippen LogP contribution in [0.2, 0.25) is 0 Å². The summed E-state index contributed by atoms with van der Waals surface area (Å²) in [5.74, 6) is 1.53. The fourth-order valence-electron chi connectivity index (χ4n) is 6.29. The van der Waals surface area contributed by atoms with Crippen LogP contribution in [0, 0.1) is 13.8 Å². The van der Waals surface area contributed by atoms with Crippen molar-refractivity contribution >= 4 is 10.9 Å². The molecule has 0 amide bonds. The number of fused-ring (bicyclic) bond motifs is 1. The first-order valence-corrected chi connectivity index (χ1v) is 13.9. The number of pyridine rings is 1. The predicted octanol–water partition coefficient (Wildman–Crippen LogP) is 5.00. The van der Waals surface area contributed by atoms with Crippen molar-refractivity contribution in [2.24, 2.45) is 0 Å². The molecule has 0 radical (unpaired) electrons. The van der Waals surface area contributed by atoms with Gasteiger partial charge in [-0.2, -0.15) is 0 Å². The molecule has 1 N–H and O–H groups in total. The lowest BCUT2D eigenvalue weighted by molar-refractivity contribution is 0.0539. The van der Waals surface area contributed by atoms with Crippen molar-refractivity contribution in [2.45, 2.75) is 83.5 Å². The molecule has 2 aliphatic rings. The van der Waals surface area contributed by atoms with Crippen LogP contribution in [0.15, 0.2) is 45.8 Å². The van der Waals surface area contributed by atoms with Crippen LogP contribution in [0.4, 0.5) is 0 Å². The summed E-state index contributed by atoms with van der Waals surface area (Å²) in [6, 6.07) is 9.89. The highest BCUT2D eigenvalue weighted by molar-refractivity contribution is 5.83. The molecular formula is C29H36N6O3. The number of ether oxygens (including phenoxy) is 1. The van der Waals surface area contributed by atoms with Gasteiger partial charge in [0.25, 0.3) is 5.56 Å². The first kappa shape index (κ1) is 25.0. The van der Waals surface area contributed by atoms with Crippen molar-refractivity contribution in [2.75, 3.05) is 13.2 Å². The standard InChI is InChI=1S/C29H36N6O3/c1-19-14-20(2)26-21(15-19)16-25(29(36)30-26)27(28-31-32-33-35(28)22-8-4-3-5-9-22)34(17-23-10-6-12-37-23)18-24-11-7-13-38-24/h6,10,12,14-16,22,24,27H,3-5,7-9,11,13,17-18H2,1-2H3,(H,30,36)/t24-,27-/m0/s1. The Morgan fingerprint density at radius 1 is 1.13 bits per heavy atom. The highest BCUT2D eigenvalue weighted by Crippen LogP contribution is 2.35. The van der Waals surface area contributed by atoms with Crippen molar-refractivity contribution in [1.29, 1.82) is 0 Å². The number of nitrogens with zero attached hydrogens (tertiary/aromatic N) is 5. The Bertz CT molecular complexity index is 1430. The molecule has 4 aromatic rings. The number of rotatable bonds is 8. The Labute approximate surface area is 222 Å². The molecule has 2 atom stereocenters. The van der Waals surface area contributed by atoms with E-state index in [-0.39, 0.29) is 17.7 Å². The molecule has 2 fully saturated rings. The summed E-state index contributed by atoms with van der Waals surface area (Å²) in [4.78, 5) is 19.3. The summed E-state index contributed by atoms with van der Waals surface area (Å²) in [5.41, 5.74) is 3.59. The molecular weight excluding hydrogens is 480 g/mol. The van der Waals surface area contributed by atoms with Crippen molar-refractivity contribution in [1.82, 2.24) is 30.1 Å². The molecule has 1 aliphatic heterocycles. The van der Waals surface area contributed by atoms with Gasteiger partial charge < -0.3 is 14.1 Å². The molecule has 1 saturated heterocycles. The molecule has 0 unspecified atom stereocenters. The molecule has 3 aromatic heterocycles. The van der Waals surface area contributed by atoms with Crippen LogP contribution < -0.4 is 5.56 Å². The maximum atomic E-state index is 13.8. The van der Waals surface area contributed by atoms with Crippen LogP contribution in [0.5, 0.6) is 0 Å². The smallest absolute Gasteiger partial charge is 0.253 e. The minimum absolute atomic E-state index is 0.0792. The summed E-state index contributed by atoms with van der Waals surface area (Å²) >= 11 is 0. The number of hydrogen-bond donors (Lipinski definition) is 1. The van der Waals surface area contributed by atoms with Crippen LogP contribution in [0.25, 0.3) is 10.9 Å². The second-order valence-corrected chi connectivity index (χ2v) is 10.9. The monoisotopic (exact) mass is 516 g/mol. The number of furan rings is 1. The van der Waals surface area contributed by atoms with Crippen LogP contribution in [0.3, 0.4) is 0 Å². The fourth-order valence-corrected chi connectivity index (χ4v) is 6.29. The molecule has 6 rings (SSSR count). The molecule has 1 aromatic carbocycles. The Kier molecular flexibility index (Phi) is 7.12. The lowest BCUT2D eigenvalue weighted by atomic mass is 9.94. The minimum atomic E-state index is -0.463. The highest BCUT2D eigenvalue weighted by atomic mass is 16.5. The second kappa shape index (κ2) is 10.8. The first-order valence-electron chi connectivity index (χ1n) is 13.9. The molecule has 0 spiro atoms. The van der Waals surface area contributed by atoms with E-state index < -0.39 is 6.04 Å². The Hall–Kier alpha value is -3.30. The zero-order valence-corrected chi connectivity index (χ0v) is 22.2. The summed E-state index contributed by atoms with van der Waals surface area (Å²) in [7, 11) is 0. The largest absolute Gasteiger partial charge is 0.468 e. The normalized spacial score (nSPS) is 19.5. The third kappa shape index (κ3) is 5.05. The van der Waals surface area contributed by atoms with Gasteiger partial charge >= 0.3 is 0 Å². The van der Waals surface area contributed by atoms with Gasteiger partial charge in [0.05, 0.1) is 30.5 Å². The second-order valence-electron chi connectivity index (χ2n) is 10.9. The number of aromatic amines is 1. The SMILES string of the molecule is Cc1cc(C)c2[nH]c(=O)c([C@@H](c3nnnn3C3CCCCC3)N(Cc3ccco3)C[C@@H]3CCCO3)cc2c1. The van der Waals surface area contributed by atoms with E-state index in [9.17, 15) is 4.79 Å². The van der Waals surface area contributed by atoms with Crippen LogP contribution in [-0.2, 0) is 11.3 Å². The number of nitrogens with one attached hydrogen (secondary N) is 1.